The van der Waals surface area contributed by atoms with Crippen LogP contribution in [0.15, 0.2) is 0 Å². The number of imide groups is 1. The highest BCUT2D eigenvalue weighted by Crippen LogP contribution is 2.35. The van der Waals surface area contributed by atoms with Crippen LogP contribution in [0.3, 0.4) is 0 Å². The van der Waals surface area contributed by atoms with Gasteiger partial charge in [-0.2, -0.15) is 0 Å². The summed E-state index contributed by atoms with van der Waals surface area (Å²) < 4.78 is 0. The van der Waals surface area contributed by atoms with Gasteiger partial charge in [-0.3, -0.25) is 14.5 Å². The number of piperidine rings is 1. The Bertz CT molecular complexity index is 235. The molecule has 14 heavy (non-hydrogen) atoms. The van der Waals surface area contributed by atoms with E-state index in [0.29, 0.717) is 25.3 Å². The lowest BCUT2D eigenvalue weighted by Gasteiger charge is -2.36. The lowest BCUT2D eigenvalue weighted by molar-refractivity contribution is -0.152. The zero-order valence-electron chi connectivity index (χ0n) is 8.68. The van der Waals surface area contributed by atoms with Crippen LogP contribution in [0, 0.1) is 5.41 Å². The van der Waals surface area contributed by atoms with Gasteiger partial charge >= 0.3 is 0 Å². The van der Waals surface area contributed by atoms with Gasteiger partial charge in [0, 0.05) is 25.3 Å². The first-order chi connectivity index (χ1) is 6.52. The van der Waals surface area contributed by atoms with Crippen molar-refractivity contribution in [2.24, 2.45) is 5.41 Å². The third-order valence-corrected chi connectivity index (χ3v) is 3.09. The van der Waals surface area contributed by atoms with E-state index in [9.17, 15) is 9.59 Å². The molecule has 0 aliphatic carbocycles. The molecule has 1 rings (SSSR count). The van der Waals surface area contributed by atoms with E-state index < -0.39 is 0 Å². The number of likely N-dealkylation sites (tertiary alicyclic amines) is 1. The molecular weight excluding hydrogens is 202 g/mol. The lowest BCUT2D eigenvalue weighted by Crippen LogP contribution is -2.47. The molecule has 0 aromatic carbocycles. The molecule has 0 bridgehead atoms. The topological polar surface area (TPSA) is 37.4 Å². The highest BCUT2D eigenvalue weighted by Gasteiger charge is 2.38. The fraction of sp³-hybridized carbons (Fsp3) is 0.800. The Labute approximate surface area is 89.4 Å². The van der Waals surface area contributed by atoms with Crippen molar-refractivity contribution in [3.05, 3.63) is 0 Å². The largest absolute Gasteiger partial charge is 0.281 e. The van der Waals surface area contributed by atoms with E-state index in [0.717, 1.165) is 6.42 Å². The number of carbonyl (C=O) groups is 2. The summed E-state index contributed by atoms with van der Waals surface area (Å²) in [5, 5.41) is 0. The summed E-state index contributed by atoms with van der Waals surface area (Å²) in [7, 11) is 0. The van der Waals surface area contributed by atoms with Crippen LogP contribution in [-0.4, -0.2) is 29.1 Å². The monoisotopic (exact) mass is 217 g/mol. The molecule has 0 saturated carbocycles. The van der Waals surface area contributed by atoms with Gasteiger partial charge in [0.15, 0.2) is 0 Å². The molecule has 4 heteroatoms. The predicted octanol–water partition coefficient (Wildman–Crippen LogP) is 1.79. The smallest absolute Gasteiger partial charge is 0.229 e. The number of halogens is 1. The van der Waals surface area contributed by atoms with E-state index in [1.165, 1.54) is 4.90 Å². The second-order valence-electron chi connectivity index (χ2n) is 4.15. The van der Waals surface area contributed by atoms with Gasteiger partial charge in [-0.05, 0) is 11.8 Å². The van der Waals surface area contributed by atoms with Gasteiger partial charge < -0.3 is 0 Å². The van der Waals surface area contributed by atoms with E-state index in [1.54, 1.807) is 0 Å². The Balaban J connectivity index is 2.73. The molecule has 1 aliphatic rings. The molecule has 1 heterocycles. The maximum atomic E-state index is 11.6. The maximum Gasteiger partial charge on any atom is 0.229 e. The number of hydrogen-bond donors (Lipinski definition) is 0. The molecule has 0 spiro atoms. The Morgan fingerprint density at radius 3 is 2.21 bits per heavy atom. The molecule has 0 aromatic rings. The molecule has 0 atom stereocenters. The van der Waals surface area contributed by atoms with E-state index in [1.807, 2.05) is 13.8 Å². The highest BCUT2D eigenvalue weighted by molar-refractivity contribution is 6.18. The molecule has 0 radical (unpaired) electrons. The second kappa shape index (κ2) is 4.30. The van der Waals surface area contributed by atoms with Crippen molar-refractivity contribution in [1.29, 1.82) is 0 Å². The van der Waals surface area contributed by atoms with Gasteiger partial charge in [-0.25, -0.2) is 0 Å². The Hall–Kier alpha value is -0.570. The van der Waals surface area contributed by atoms with Crippen molar-refractivity contribution in [3.63, 3.8) is 0 Å². The zero-order chi connectivity index (χ0) is 10.8. The molecule has 0 N–H and O–H groups in total. The maximum absolute atomic E-state index is 11.6. The van der Waals surface area contributed by atoms with Crippen LogP contribution < -0.4 is 0 Å². The Morgan fingerprint density at radius 1 is 1.36 bits per heavy atom. The summed E-state index contributed by atoms with van der Waals surface area (Å²) in [5.74, 6) is 0.165. The van der Waals surface area contributed by atoms with Crippen molar-refractivity contribution in [2.45, 2.75) is 33.1 Å². The lowest BCUT2D eigenvalue weighted by atomic mass is 9.77. The van der Waals surface area contributed by atoms with Crippen molar-refractivity contribution in [3.8, 4) is 0 Å². The quantitative estimate of drug-likeness (QED) is 0.534. The summed E-state index contributed by atoms with van der Waals surface area (Å²) >= 11 is 5.52. The average molecular weight is 218 g/mol. The van der Waals surface area contributed by atoms with Gasteiger partial charge in [0.1, 0.15) is 0 Å². The Morgan fingerprint density at radius 2 is 1.86 bits per heavy atom. The minimum atomic E-state index is -0.142. The van der Waals surface area contributed by atoms with Crippen molar-refractivity contribution >= 4 is 23.4 Å². The van der Waals surface area contributed by atoms with Crippen LogP contribution in [0.5, 0.6) is 0 Å². The predicted molar refractivity (Wildman–Crippen MR) is 55.1 cm³/mol. The third-order valence-electron chi connectivity index (χ3n) is 2.92. The minimum Gasteiger partial charge on any atom is -0.281 e. The van der Waals surface area contributed by atoms with Crippen molar-refractivity contribution in [1.82, 2.24) is 4.90 Å². The van der Waals surface area contributed by atoms with Crippen LogP contribution in [0.25, 0.3) is 0 Å². The van der Waals surface area contributed by atoms with Crippen molar-refractivity contribution < 1.29 is 9.59 Å². The Kier molecular flexibility index (Phi) is 3.53. The highest BCUT2D eigenvalue weighted by atomic mass is 35.5. The summed E-state index contributed by atoms with van der Waals surface area (Å²) in [5.41, 5.74) is -0.142. The molecule has 2 amide bonds. The van der Waals surface area contributed by atoms with E-state index in [-0.39, 0.29) is 17.2 Å². The molecule has 1 saturated heterocycles. The molecule has 0 aromatic heterocycles. The van der Waals surface area contributed by atoms with Crippen LogP contribution >= 0.6 is 11.6 Å². The van der Waals surface area contributed by atoms with Crippen molar-refractivity contribution in [2.75, 3.05) is 12.4 Å². The van der Waals surface area contributed by atoms with Crippen LogP contribution in [0.2, 0.25) is 0 Å². The van der Waals surface area contributed by atoms with Gasteiger partial charge in [0.05, 0.1) is 0 Å². The molecule has 1 aliphatic heterocycles. The summed E-state index contributed by atoms with van der Waals surface area (Å²) in [6, 6.07) is 0. The standard InChI is InChI=1S/C10H16ClNO2/c1-3-10(2)6-8(13)12(5-4-11)9(14)7-10/h3-7H2,1-2H3. The van der Waals surface area contributed by atoms with E-state index >= 15 is 0 Å². The molecule has 80 valence electrons. The van der Waals surface area contributed by atoms with E-state index in [2.05, 4.69) is 0 Å². The van der Waals surface area contributed by atoms with Crippen LogP contribution in [0.1, 0.15) is 33.1 Å². The number of nitrogens with zero attached hydrogens (tertiary/aromatic N) is 1. The molecule has 3 nitrogen and oxygen atoms in total. The van der Waals surface area contributed by atoms with Crippen LogP contribution in [-0.2, 0) is 9.59 Å². The first kappa shape index (κ1) is 11.5. The first-order valence-corrected chi connectivity index (χ1v) is 5.45. The number of hydrogen-bond acceptors (Lipinski definition) is 2. The summed E-state index contributed by atoms with van der Waals surface area (Å²) in [4.78, 5) is 24.5. The van der Waals surface area contributed by atoms with Crippen LogP contribution in [0.4, 0.5) is 0 Å². The molecule has 1 fully saturated rings. The number of carbonyl (C=O) groups excluding carboxylic acids is 2. The number of amides is 2. The molecular formula is C10H16ClNO2. The number of alkyl halides is 1. The van der Waals surface area contributed by atoms with E-state index in [4.69, 9.17) is 11.6 Å². The fourth-order valence-electron chi connectivity index (χ4n) is 1.71. The minimum absolute atomic E-state index is 0.0775. The van der Waals surface area contributed by atoms with Gasteiger partial charge in [-0.15, -0.1) is 11.6 Å². The SMILES string of the molecule is CCC1(C)CC(=O)N(CCCl)C(=O)C1. The normalized spacial score (nSPS) is 21.5. The van der Waals surface area contributed by atoms with Gasteiger partial charge in [-0.1, -0.05) is 13.8 Å². The zero-order valence-corrected chi connectivity index (χ0v) is 9.43. The van der Waals surface area contributed by atoms with Gasteiger partial charge in [0.2, 0.25) is 11.8 Å². The summed E-state index contributed by atoms with van der Waals surface area (Å²) in [6.07, 6.45) is 1.79. The molecule has 0 unspecified atom stereocenters. The van der Waals surface area contributed by atoms with Gasteiger partial charge in [0.25, 0.3) is 0 Å². The first-order valence-electron chi connectivity index (χ1n) is 4.91. The summed E-state index contributed by atoms with van der Waals surface area (Å²) in [6.45, 7) is 4.34. The third kappa shape index (κ3) is 2.27. The number of rotatable bonds is 3. The second-order valence-corrected chi connectivity index (χ2v) is 4.52. The fourth-order valence-corrected chi connectivity index (χ4v) is 1.88. The average Bonchev–Trinajstić information content (AvgIpc) is 2.11.